The highest BCUT2D eigenvalue weighted by molar-refractivity contribution is 5.72. The average Bonchev–Trinajstić information content (AvgIpc) is 3.31. The number of likely N-dealkylation sites (N-methyl/N-ethyl adjacent to an activating group) is 1. The zero-order chi connectivity index (χ0) is 25.4. The molecule has 0 spiro atoms. The van der Waals surface area contributed by atoms with E-state index in [0.717, 1.165) is 11.8 Å². The topological polar surface area (TPSA) is 99.3 Å². The summed E-state index contributed by atoms with van der Waals surface area (Å²) in [5, 5.41) is 9.91. The van der Waals surface area contributed by atoms with Crippen molar-refractivity contribution in [2.45, 2.75) is 38.2 Å². The van der Waals surface area contributed by atoms with Crippen LogP contribution in [0.2, 0.25) is 0 Å². The Morgan fingerprint density at radius 1 is 1.26 bits per heavy atom. The first-order chi connectivity index (χ1) is 16.5. The lowest BCUT2D eigenvalue weighted by Crippen LogP contribution is -2.42. The standard InChI is InChI=1S/C23H26F3N7O2/c1-22(2)18-15(19(31-30-18)28-17-10-11-27-20(29-17)23(24,25)26)12-33(22)21(34)35-16(13-32(3)4)14-8-6-5-7-9-14/h5-11,16H,12-13H2,1-4H3,(H2,27,28,29,30,31). The van der Waals surface area contributed by atoms with Crippen LogP contribution in [0.4, 0.5) is 29.6 Å². The Hall–Kier alpha value is -3.67. The summed E-state index contributed by atoms with van der Waals surface area (Å²) in [7, 11) is 3.80. The molecular weight excluding hydrogens is 463 g/mol. The van der Waals surface area contributed by atoms with Gasteiger partial charge in [0, 0.05) is 18.3 Å². The van der Waals surface area contributed by atoms with Gasteiger partial charge in [0.2, 0.25) is 5.82 Å². The predicted molar refractivity (Wildman–Crippen MR) is 122 cm³/mol. The number of amides is 1. The van der Waals surface area contributed by atoms with Gasteiger partial charge < -0.3 is 15.0 Å². The molecule has 9 nitrogen and oxygen atoms in total. The molecule has 0 radical (unpaired) electrons. The van der Waals surface area contributed by atoms with E-state index in [0.29, 0.717) is 17.8 Å². The number of ether oxygens (including phenoxy) is 1. The molecule has 186 valence electrons. The second-order valence-electron chi connectivity index (χ2n) is 9.00. The normalized spacial score (nSPS) is 15.7. The summed E-state index contributed by atoms with van der Waals surface area (Å²) in [6.45, 7) is 4.34. The molecule has 0 saturated carbocycles. The summed E-state index contributed by atoms with van der Waals surface area (Å²) in [6, 6.07) is 10.8. The molecule has 1 atom stereocenters. The number of halogens is 3. The highest BCUT2D eigenvalue weighted by Gasteiger charge is 2.45. The van der Waals surface area contributed by atoms with Gasteiger partial charge in [-0.05, 0) is 39.6 Å². The smallest absolute Gasteiger partial charge is 0.440 e. The Morgan fingerprint density at radius 2 is 1.97 bits per heavy atom. The Bertz CT molecular complexity index is 1200. The van der Waals surface area contributed by atoms with Crippen molar-refractivity contribution in [1.82, 2.24) is 30.0 Å². The highest BCUT2D eigenvalue weighted by atomic mass is 19.4. The number of fused-ring (bicyclic) bond motifs is 1. The molecule has 1 unspecified atom stereocenters. The van der Waals surface area contributed by atoms with Gasteiger partial charge in [0.15, 0.2) is 5.82 Å². The fourth-order valence-corrected chi connectivity index (χ4v) is 3.99. The van der Waals surface area contributed by atoms with Crippen molar-refractivity contribution >= 4 is 17.7 Å². The monoisotopic (exact) mass is 489 g/mol. The summed E-state index contributed by atoms with van der Waals surface area (Å²) in [4.78, 5) is 23.6. The van der Waals surface area contributed by atoms with E-state index in [1.807, 2.05) is 63.2 Å². The fraction of sp³-hybridized carbons (Fsp3) is 0.391. The Labute approximate surface area is 200 Å². The number of nitrogens with one attached hydrogen (secondary N) is 2. The molecule has 1 amide bonds. The lowest BCUT2D eigenvalue weighted by molar-refractivity contribution is -0.144. The number of aromatic nitrogens is 4. The quantitative estimate of drug-likeness (QED) is 0.528. The summed E-state index contributed by atoms with van der Waals surface area (Å²) in [5.74, 6) is -1.04. The zero-order valence-electron chi connectivity index (χ0n) is 19.7. The number of carbonyl (C=O) groups excluding carboxylic acids is 1. The lowest BCUT2D eigenvalue weighted by Gasteiger charge is -2.33. The van der Waals surface area contributed by atoms with Crippen LogP contribution in [0.15, 0.2) is 42.6 Å². The van der Waals surface area contributed by atoms with Crippen molar-refractivity contribution in [2.75, 3.05) is 26.0 Å². The van der Waals surface area contributed by atoms with Crippen molar-refractivity contribution in [1.29, 1.82) is 0 Å². The van der Waals surface area contributed by atoms with Crippen LogP contribution in [-0.4, -0.2) is 56.7 Å². The average molecular weight is 490 g/mol. The van der Waals surface area contributed by atoms with Gasteiger partial charge in [-0.1, -0.05) is 30.3 Å². The van der Waals surface area contributed by atoms with Crippen LogP contribution in [-0.2, 0) is 23.0 Å². The second kappa shape index (κ2) is 9.17. The largest absolute Gasteiger partial charge is 0.451 e. The van der Waals surface area contributed by atoms with E-state index in [2.05, 4.69) is 25.5 Å². The van der Waals surface area contributed by atoms with Crippen LogP contribution in [0, 0.1) is 0 Å². The second-order valence-corrected chi connectivity index (χ2v) is 9.00. The Morgan fingerprint density at radius 3 is 2.63 bits per heavy atom. The van der Waals surface area contributed by atoms with Crippen molar-refractivity contribution in [3.05, 3.63) is 65.2 Å². The Balaban J connectivity index is 1.55. The minimum absolute atomic E-state index is 0.0596. The van der Waals surface area contributed by atoms with Gasteiger partial charge in [-0.15, -0.1) is 0 Å². The summed E-state index contributed by atoms with van der Waals surface area (Å²) in [6.07, 6.45) is -4.64. The molecule has 4 rings (SSSR count). The first-order valence-corrected chi connectivity index (χ1v) is 10.9. The molecule has 1 aliphatic rings. The van der Waals surface area contributed by atoms with E-state index in [4.69, 9.17) is 4.74 Å². The number of anilines is 2. The van der Waals surface area contributed by atoms with Crippen LogP contribution in [0.3, 0.4) is 0 Å². The number of H-pyrrole nitrogens is 1. The first-order valence-electron chi connectivity index (χ1n) is 10.9. The minimum atomic E-state index is -4.67. The number of hydrogen-bond donors (Lipinski definition) is 2. The summed E-state index contributed by atoms with van der Waals surface area (Å²) >= 11 is 0. The van der Waals surface area contributed by atoms with E-state index >= 15 is 0 Å². The third-order valence-electron chi connectivity index (χ3n) is 5.79. The minimum Gasteiger partial charge on any atom is -0.440 e. The highest BCUT2D eigenvalue weighted by Crippen LogP contribution is 2.42. The Kier molecular flexibility index (Phi) is 6.41. The fourth-order valence-electron chi connectivity index (χ4n) is 3.99. The van der Waals surface area contributed by atoms with Gasteiger partial charge in [0.05, 0.1) is 17.8 Å². The molecule has 0 bridgehead atoms. The first kappa shape index (κ1) is 24.5. The van der Waals surface area contributed by atoms with Crippen LogP contribution in [0.1, 0.15) is 42.6 Å². The van der Waals surface area contributed by atoms with Gasteiger partial charge in [-0.2, -0.15) is 18.3 Å². The molecule has 0 fully saturated rings. The molecule has 2 N–H and O–H groups in total. The number of carbonyl (C=O) groups is 1. The molecule has 1 aliphatic heterocycles. The third kappa shape index (κ3) is 5.06. The number of aromatic amines is 1. The van der Waals surface area contributed by atoms with Gasteiger partial charge in [-0.3, -0.25) is 10.00 Å². The van der Waals surface area contributed by atoms with E-state index < -0.39 is 29.7 Å². The zero-order valence-corrected chi connectivity index (χ0v) is 19.7. The van der Waals surface area contributed by atoms with E-state index in [-0.39, 0.29) is 18.2 Å². The SMILES string of the molecule is CN(C)CC(OC(=O)N1Cc2c(Nc3ccnc(C(F)(F)F)n3)n[nH]c2C1(C)C)c1ccccc1. The number of rotatable bonds is 6. The van der Waals surface area contributed by atoms with Gasteiger partial charge in [-0.25, -0.2) is 14.8 Å². The molecule has 2 aromatic heterocycles. The third-order valence-corrected chi connectivity index (χ3v) is 5.79. The van der Waals surface area contributed by atoms with Crippen molar-refractivity contribution in [3.63, 3.8) is 0 Å². The molecule has 35 heavy (non-hydrogen) atoms. The van der Waals surface area contributed by atoms with E-state index in [9.17, 15) is 18.0 Å². The molecule has 1 aromatic carbocycles. The van der Waals surface area contributed by atoms with Gasteiger partial charge in [0.25, 0.3) is 0 Å². The van der Waals surface area contributed by atoms with Crippen LogP contribution in [0.5, 0.6) is 0 Å². The number of hydrogen-bond acceptors (Lipinski definition) is 7. The van der Waals surface area contributed by atoms with E-state index in [1.54, 1.807) is 4.90 Å². The molecular formula is C23H26F3N7O2. The number of nitrogens with zero attached hydrogens (tertiary/aromatic N) is 5. The van der Waals surface area contributed by atoms with Crippen molar-refractivity contribution < 1.29 is 22.7 Å². The number of benzene rings is 1. The van der Waals surface area contributed by atoms with E-state index in [1.165, 1.54) is 6.07 Å². The lowest BCUT2D eigenvalue weighted by atomic mass is 10.0. The van der Waals surface area contributed by atoms with Crippen LogP contribution < -0.4 is 5.32 Å². The van der Waals surface area contributed by atoms with Crippen molar-refractivity contribution in [2.24, 2.45) is 0 Å². The maximum absolute atomic E-state index is 13.3. The maximum atomic E-state index is 13.3. The molecule has 0 aliphatic carbocycles. The predicted octanol–water partition coefficient (Wildman–Crippen LogP) is 4.45. The molecule has 0 saturated heterocycles. The van der Waals surface area contributed by atoms with Gasteiger partial charge >= 0.3 is 12.3 Å². The van der Waals surface area contributed by atoms with Crippen molar-refractivity contribution in [3.8, 4) is 0 Å². The molecule has 3 heterocycles. The molecule has 12 heteroatoms. The maximum Gasteiger partial charge on any atom is 0.451 e. The molecule has 3 aromatic rings. The number of alkyl halides is 3. The van der Waals surface area contributed by atoms with Crippen LogP contribution in [0.25, 0.3) is 0 Å². The van der Waals surface area contributed by atoms with Gasteiger partial charge in [0.1, 0.15) is 11.9 Å². The summed E-state index contributed by atoms with van der Waals surface area (Å²) < 4.78 is 44.9. The van der Waals surface area contributed by atoms with Crippen LogP contribution >= 0.6 is 0 Å². The summed E-state index contributed by atoms with van der Waals surface area (Å²) in [5.41, 5.74) is 1.38.